The van der Waals surface area contributed by atoms with Crippen molar-refractivity contribution in [2.75, 3.05) is 0 Å². The molecule has 6 heteroatoms. The number of ether oxygens (including phenoxy) is 1. The largest absolute Gasteiger partial charge is 0.485 e. The van der Waals surface area contributed by atoms with Crippen LogP contribution in [0.1, 0.15) is 11.4 Å². The second-order valence-electron chi connectivity index (χ2n) is 3.32. The molecule has 0 fully saturated rings. The molecule has 0 aliphatic heterocycles. The number of H-pyrrole nitrogens is 1. The number of aromatic nitrogens is 2. The van der Waals surface area contributed by atoms with Gasteiger partial charge >= 0.3 is 6.18 Å². The Morgan fingerprint density at radius 1 is 1.24 bits per heavy atom. The lowest BCUT2D eigenvalue weighted by Gasteiger charge is -2.12. The molecule has 1 heterocycles. The second-order valence-corrected chi connectivity index (χ2v) is 3.32. The maximum absolute atomic E-state index is 12.6. The van der Waals surface area contributed by atoms with E-state index in [1.54, 1.807) is 6.20 Å². The van der Waals surface area contributed by atoms with E-state index < -0.39 is 11.7 Å². The third kappa shape index (κ3) is 2.77. The third-order valence-electron chi connectivity index (χ3n) is 2.11. The first-order valence-corrected chi connectivity index (χ1v) is 4.84. The summed E-state index contributed by atoms with van der Waals surface area (Å²) in [5, 5.41) is 0. The van der Waals surface area contributed by atoms with Crippen LogP contribution >= 0.6 is 0 Å². The first-order valence-electron chi connectivity index (χ1n) is 4.84. The molecule has 0 bridgehead atoms. The van der Waals surface area contributed by atoms with Crippen LogP contribution in [-0.4, -0.2) is 9.97 Å². The standard InChI is InChI=1S/C11H9F3N2O/c12-11(13,14)8-3-1-2-4-9(8)17-7-10-15-5-6-16-10/h1-6H,7H2,(H,15,16). The zero-order valence-electron chi connectivity index (χ0n) is 8.66. The molecule has 0 amide bonds. The quantitative estimate of drug-likeness (QED) is 0.898. The summed E-state index contributed by atoms with van der Waals surface area (Å²) in [5.74, 6) is 0.276. The minimum atomic E-state index is -4.42. The van der Waals surface area contributed by atoms with E-state index in [-0.39, 0.29) is 12.4 Å². The average Bonchev–Trinajstić information content (AvgIpc) is 2.78. The van der Waals surface area contributed by atoms with Gasteiger partial charge < -0.3 is 9.72 Å². The fourth-order valence-corrected chi connectivity index (χ4v) is 1.35. The molecule has 17 heavy (non-hydrogen) atoms. The number of hydrogen-bond acceptors (Lipinski definition) is 2. The molecule has 1 aromatic heterocycles. The Labute approximate surface area is 95.3 Å². The predicted molar refractivity (Wildman–Crippen MR) is 54.4 cm³/mol. The topological polar surface area (TPSA) is 37.9 Å². The Hall–Kier alpha value is -1.98. The van der Waals surface area contributed by atoms with Crippen LogP contribution in [0.25, 0.3) is 0 Å². The summed E-state index contributed by atoms with van der Waals surface area (Å²) in [6.45, 7) is -0.0277. The van der Waals surface area contributed by atoms with Gasteiger partial charge in [0.15, 0.2) is 0 Å². The fourth-order valence-electron chi connectivity index (χ4n) is 1.35. The molecule has 0 aliphatic carbocycles. The van der Waals surface area contributed by atoms with Gasteiger partial charge in [-0.05, 0) is 12.1 Å². The van der Waals surface area contributed by atoms with Crippen molar-refractivity contribution in [1.82, 2.24) is 9.97 Å². The highest BCUT2D eigenvalue weighted by molar-refractivity contribution is 5.35. The second kappa shape index (κ2) is 4.48. The van der Waals surface area contributed by atoms with E-state index in [1.165, 1.54) is 24.4 Å². The molecule has 0 saturated carbocycles. The van der Waals surface area contributed by atoms with Gasteiger partial charge in [0.2, 0.25) is 0 Å². The molecule has 0 radical (unpaired) electrons. The van der Waals surface area contributed by atoms with Gasteiger partial charge in [0.05, 0.1) is 5.56 Å². The maximum Gasteiger partial charge on any atom is 0.419 e. The first-order chi connectivity index (χ1) is 8.07. The van der Waals surface area contributed by atoms with Gasteiger partial charge in [0.25, 0.3) is 0 Å². The summed E-state index contributed by atoms with van der Waals surface area (Å²) in [4.78, 5) is 6.61. The Kier molecular flexibility index (Phi) is 3.03. The van der Waals surface area contributed by atoms with Crippen LogP contribution in [0.4, 0.5) is 13.2 Å². The van der Waals surface area contributed by atoms with Crippen LogP contribution in [0.5, 0.6) is 5.75 Å². The first kappa shape index (κ1) is 11.5. The lowest BCUT2D eigenvalue weighted by atomic mass is 10.2. The van der Waals surface area contributed by atoms with Crippen LogP contribution < -0.4 is 4.74 Å². The predicted octanol–water partition coefficient (Wildman–Crippen LogP) is 3.01. The van der Waals surface area contributed by atoms with Gasteiger partial charge in [-0.2, -0.15) is 13.2 Å². The zero-order valence-corrected chi connectivity index (χ0v) is 8.66. The van der Waals surface area contributed by atoms with E-state index in [4.69, 9.17) is 4.74 Å². The van der Waals surface area contributed by atoms with Crippen LogP contribution in [0.15, 0.2) is 36.7 Å². The minimum Gasteiger partial charge on any atom is -0.485 e. The number of benzene rings is 1. The molecule has 0 unspecified atom stereocenters. The van der Waals surface area contributed by atoms with Gasteiger partial charge in [-0.3, -0.25) is 0 Å². The Morgan fingerprint density at radius 2 is 2.00 bits per heavy atom. The average molecular weight is 242 g/mol. The number of hydrogen-bond donors (Lipinski definition) is 1. The molecule has 90 valence electrons. The fraction of sp³-hybridized carbons (Fsp3) is 0.182. The molecule has 3 nitrogen and oxygen atoms in total. The molecule has 0 atom stereocenters. The number of nitrogens with one attached hydrogen (secondary N) is 1. The summed E-state index contributed by atoms with van der Waals surface area (Å²) in [6, 6.07) is 5.08. The zero-order chi connectivity index (χ0) is 12.3. The molecule has 0 saturated heterocycles. The van der Waals surface area contributed by atoms with Crippen molar-refractivity contribution in [3.63, 3.8) is 0 Å². The number of para-hydroxylation sites is 1. The Morgan fingerprint density at radius 3 is 2.65 bits per heavy atom. The van der Waals surface area contributed by atoms with E-state index in [9.17, 15) is 13.2 Å². The number of halogens is 3. The van der Waals surface area contributed by atoms with Gasteiger partial charge in [-0.1, -0.05) is 12.1 Å². The van der Waals surface area contributed by atoms with E-state index in [1.807, 2.05) is 0 Å². The summed E-state index contributed by atoms with van der Waals surface area (Å²) in [7, 11) is 0. The van der Waals surface area contributed by atoms with Gasteiger partial charge in [0, 0.05) is 12.4 Å². The molecule has 2 aromatic rings. The number of rotatable bonds is 3. The summed E-state index contributed by atoms with van der Waals surface area (Å²) >= 11 is 0. The molecule has 1 N–H and O–H groups in total. The molecule has 2 rings (SSSR count). The third-order valence-corrected chi connectivity index (χ3v) is 2.11. The maximum atomic E-state index is 12.6. The Balaban J connectivity index is 2.16. The summed E-state index contributed by atoms with van der Waals surface area (Å²) in [5.41, 5.74) is -0.786. The van der Waals surface area contributed by atoms with E-state index in [2.05, 4.69) is 9.97 Å². The highest BCUT2D eigenvalue weighted by Gasteiger charge is 2.33. The lowest BCUT2D eigenvalue weighted by molar-refractivity contribution is -0.139. The number of aromatic amines is 1. The van der Waals surface area contributed by atoms with Crippen molar-refractivity contribution in [1.29, 1.82) is 0 Å². The normalized spacial score (nSPS) is 11.5. The van der Waals surface area contributed by atoms with E-state index in [0.717, 1.165) is 6.07 Å². The number of imidazole rings is 1. The summed E-state index contributed by atoms with van der Waals surface area (Å²) < 4.78 is 42.9. The van der Waals surface area contributed by atoms with Crippen molar-refractivity contribution in [2.24, 2.45) is 0 Å². The molecule has 1 aromatic carbocycles. The van der Waals surface area contributed by atoms with E-state index >= 15 is 0 Å². The summed E-state index contributed by atoms with van der Waals surface area (Å²) in [6.07, 6.45) is -1.33. The molecular weight excluding hydrogens is 233 g/mol. The SMILES string of the molecule is FC(F)(F)c1ccccc1OCc1ncc[nH]1. The van der Waals surface area contributed by atoms with Gasteiger partial charge in [0.1, 0.15) is 18.2 Å². The Bertz CT molecular complexity index is 480. The van der Waals surface area contributed by atoms with Crippen molar-refractivity contribution in [2.45, 2.75) is 12.8 Å². The van der Waals surface area contributed by atoms with Crippen LogP contribution in [0.3, 0.4) is 0 Å². The molecular formula is C11H9F3N2O. The molecule has 0 aliphatic rings. The highest BCUT2D eigenvalue weighted by atomic mass is 19.4. The van der Waals surface area contributed by atoms with Crippen LogP contribution in [-0.2, 0) is 12.8 Å². The van der Waals surface area contributed by atoms with Gasteiger partial charge in [-0.25, -0.2) is 4.98 Å². The van der Waals surface area contributed by atoms with Crippen molar-refractivity contribution in [3.8, 4) is 5.75 Å². The van der Waals surface area contributed by atoms with Crippen molar-refractivity contribution in [3.05, 3.63) is 48.0 Å². The molecule has 0 spiro atoms. The van der Waals surface area contributed by atoms with Crippen LogP contribution in [0, 0.1) is 0 Å². The minimum absolute atomic E-state index is 0.0277. The van der Waals surface area contributed by atoms with Crippen molar-refractivity contribution >= 4 is 0 Å². The monoisotopic (exact) mass is 242 g/mol. The highest BCUT2D eigenvalue weighted by Crippen LogP contribution is 2.35. The smallest absolute Gasteiger partial charge is 0.419 e. The van der Waals surface area contributed by atoms with E-state index in [0.29, 0.717) is 5.82 Å². The van der Waals surface area contributed by atoms with Crippen molar-refractivity contribution < 1.29 is 17.9 Å². The lowest BCUT2D eigenvalue weighted by Crippen LogP contribution is -2.08. The van der Waals surface area contributed by atoms with Gasteiger partial charge in [-0.15, -0.1) is 0 Å². The number of nitrogens with zero attached hydrogens (tertiary/aromatic N) is 1. The van der Waals surface area contributed by atoms with Crippen LogP contribution in [0.2, 0.25) is 0 Å². The number of alkyl halides is 3.